The normalized spacial score (nSPS) is 11.6. The summed E-state index contributed by atoms with van der Waals surface area (Å²) in [7, 11) is -3.93. The van der Waals surface area contributed by atoms with Crippen LogP contribution in [0.1, 0.15) is 5.69 Å². The van der Waals surface area contributed by atoms with E-state index in [9.17, 15) is 13.2 Å². The Bertz CT molecular complexity index is 1300. The van der Waals surface area contributed by atoms with Gasteiger partial charge in [0.1, 0.15) is 10.7 Å². The number of hydrogen-bond donors (Lipinski definition) is 2. The molecule has 0 saturated carbocycles. The number of rotatable bonds is 7. The van der Waals surface area contributed by atoms with Gasteiger partial charge in [0.05, 0.1) is 29.2 Å². The van der Waals surface area contributed by atoms with Crippen molar-refractivity contribution < 1.29 is 13.2 Å². The highest BCUT2D eigenvalue weighted by Crippen LogP contribution is 2.38. The highest BCUT2D eigenvalue weighted by Gasteiger charge is 2.30. The number of halogens is 1. The maximum absolute atomic E-state index is 13.6. The number of thiazole rings is 1. The van der Waals surface area contributed by atoms with E-state index < -0.39 is 15.7 Å². The number of carbonyl (C=O) groups excluding carboxylic acids is 1. The molecule has 4 rings (SSSR count). The number of anilines is 1. The molecule has 4 aromatic rings. The molecule has 7 nitrogen and oxygen atoms in total. The van der Waals surface area contributed by atoms with Crippen LogP contribution in [0.25, 0.3) is 10.9 Å². The highest BCUT2D eigenvalue weighted by atomic mass is 35.5. The number of hydrogen-bond acceptors (Lipinski definition) is 6. The summed E-state index contributed by atoms with van der Waals surface area (Å²) in [6.45, 7) is 0.0275. The summed E-state index contributed by atoms with van der Waals surface area (Å²) in [5.41, 5.74) is 8.41. The van der Waals surface area contributed by atoms with Crippen LogP contribution in [0.2, 0.25) is 5.02 Å². The first-order valence-electron chi connectivity index (χ1n) is 8.88. The van der Waals surface area contributed by atoms with E-state index in [4.69, 9.17) is 17.3 Å². The first-order valence-corrected chi connectivity index (χ1v) is 11.7. The van der Waals surface area contributed by atoms with Crippen LogP contribution in [0, 0.1) is 0 Å². The fourth-order valence-corrected chi connectivity index (χ4v) is 5.62. The van der Waals surface area contributed by atoms with Crippen LogP contribution in [0.5, 0.6) is 0 Å². The fourth-order valence-electron chi connectivity index (χ4n) is 3.25. The number of carbonyl (C=O) groups is 1. The van der Waals surface area contributed by atoms with E-state index in [1.165, 1.54) is 23.5 Å². The van der Waals surface area contributed by atoms with Crippen molar-refractivity contribution in [3.05, 3.63) is 70.1 Å². The summed E-state index contributed by atoms with van der Waals surface area (Å²) in [5, 5.41) is 2.67. The van der Waals surface area contributed by atoms with Gasteiger partial charge in [-0.05, 0) is 30.3 Å². The van der Waals surface area contributed by atoms with E-state index in [0.717, 1.165) is 0 Å². The summed E-state index contributed by atoms with van der Waals surface area (Å²) >= 11 is 7.58. The molecule has 0 aliphatic carbocycles. The van der Waals surface area contributed by atoms with Crippen LogP contribution in [0.15, 0.2) is 69.2 Å². The second kappa shape index (κ2) is 8.10. The standard InChI is InChI=1S/C20H17ClN4O3S2/c21-13-6-7-17-16(8-13)19(30(27,28)15-4-2-1-3-5-15)20(24-17)25(10-18(22)26)9-14-11-29-12-23-14/h1-8,11-12,24H,9-10H2,(H2,22,26). The van der Waals surface area contributed by atoms with Crippen molar-refractivity contribution in [2.75, 3.05) is 11.4 Å². The first kappa shape index (κ1) is 20.4. The molecule has 2 heterocycles. The summed E-state index contributed by atoms with van der Waals surface area (Å²) in [6.07, 6.45) is 0. The van der Waals surface area contributed by atoms with E-state index in [2.05, 4.69) is 9.97 Å². The van der Waals surface area contributed by atoms with Crippen molar-refractivity contribution in [3.63, 3.8) is 0 Å². The average Bonchev–Trinajstić information content (AvgIpc) is 3.35. The van der Waals surface area contributed by atoms with E-state index in [1.807, 2.05) is 5.38 Å². The van der Waals surface area contributed by atoms with Crippen LogP contribution < -0.4 is 10.6 Å². The zero-order valence-corrected chi connectivity index (χ0v) is 18.0. The van der Waals surface area contributed by atoms with Gasteiger partial charge in [0.25, 0.3) is 0 Å². The molecule has 0 atom stereocenters. The molecule has 0 bridgehead atoms. The van der Waals surface area contributed by atoms with E-state index in [-0.39, 0.29) is 28.7 Å². The summed E-state index contributed by atoms with van der Waals surface area (Å²) in [5.74, 6) is -0.326. The number of nitrogens with zero attached hydrogens (tertiary/aromatic N) is 2. The van der Waals surface area contributed by atoms with Crippen LogP contribution in [0.4, 0.5) is 5.82 Å². The molecule has 30 heavy (non-hydrogen) atoms. The van der Waals surface area contributed by atoms with Gasteiger partial charge in [-0.15, -0.1) is 11.3 Å². The Labute approximate surface area is 182 Å². The molecule has 1 amide bonds. The van der Waals surface area contributed by atoms with Crippen LogP contribution in [-0.2, 0) is 21.2 Å². The monoisotopic (exact) mass is 460 g/mol. The quantitative estimate of drug-likeness (QED) is 0.438. The van der Waals surface area contributed by atoms with Crippen LogP contribution in [0.3, 0.4) is 0 Å². The number of nitrogens with one attached hydrogen (secondary N) is 1. The van der Waals surface area contributed by atoms with Gasteiger partial charge >= 0.3 is 0 Å². The molecular weight excluding hydrogens is 444 g/mol. The van der Waals surface area contributed by atoms with Gasteiger partial charge in [0.15, 0.2) is 0 Å². The van der Waals surface area contributed by atoms with Gasteiger partial charge in [0, 0.05) is 21.3 Å². The van der Waals surface area contributed by atoms with Crippen molar-refractivity contribution in [1.29, 1.82) is 0 Å². The number of primary amides is 1. The molecule has 3 N–H and O–H groups in total. The molecular formula is C20H17ClN4O3S2. The Kier molecular flexibility index (Phi) is 5.50. The molecule has 154 valence electrons. The lowest BCUT2D eigenvalue weighted by molar-refractivity contribution is -0.116. The molecule has 0 fully saturated rings. The van der Waals surface area contributed by atoms with Gasteiger partial charge in [-0.2, -0.15) is 0 Å². The number of fused-ring (bicyclic) bond motifs is 1. The number of sulfone groups is 1. The Hall–Kier alpha value is -2.88. The van der Waals surface area contributed by atoms with Crippen LogP contribution >= 0.6 is 22.9 Å². The Morgan fingerprint density at radius 3 is 2.63 bits per heavy atom. The maximum Gasteiger partial charge on any atom is 0.237 e. The number of H-pyrrole nitrogens is 1. The minimum Gasteiger partial charge on any atom is -0.368 e. The third kappa shape index (κ3) is 3.91. The lowest BCUT2D eigenvalue weighted by Gasteiger charge is -2.22. The first-order chi connectivity index (χ1) is 14.4. The molecule has 0 saturated heterocycles. The molecule has 2 aromatic heterocycles. The Morgan fingerprint density at radius 2 is 1.97 bits per heavy atom. The van der Waals surface area contributed by atoms with Gasteiger partial charge in [-0.1, -0.05) is 29.8 Å². The second-order valence-corrected chi connectivity index (χ2v) is 9.65. The maximum atomic E-state index is 13.6. The summed E-state index contributed by atoms with van der Waals surface area (Å²) in [4.78, 5) is 20.9. The highest BCUT2D eigenvalue weighted by molar-refractivity contribution is 7.92. The van der Waals surface area contributed by atoms with Crippen LogP contribution in [-0.4, -0.2) is 30.8 Å². The Balaban J connectivity index is 1.96. The van der Waals surface area contributed by atoms with Crippen molar-refractivity contribution in [2.24, 2.45) is 5.73 Å². The van der Waals surface area contributed by atoms with E-state index in [1.54, 1.807) is 46.8 Å². The number of benzene rings is 2. The third-order valence-corrected chi connectivity index (χ3v) is 7.23. The number of nitrogens with two attached hydrogens (primary N) is 1. The van der Waals surface area contributed by atoms with Gasteiger partial charge in [0.2, 0.25) is 15.7 Å². The summed E-state index contributed by atoms with van der Waals surface area (Å²) < 4.78 is 27.2. The number of aromatic amines is 1. The number of amides is 1. The molecule has 0 spiro atoms. The van der Waals surface area contributed by atoms with Crippen molar-refractivity contribution in [1.82, 2.24) is 9.97 Å². The van der Waals surface area contributed by atoms with Crippen molar-refractivity contribution >= 4 is 55.4 Å². The predicted molar refractivity (Wildman–Crippen MR) is 118 cm³/mol. The molecule has 0 unspecified atom stereocenters. The van der Waals surface area contributed by atoms with E-state index >= 15 is 0 Å². The average molecular weight is 461 g/mol. The fraction of sp³-hybridized carbons (Fsp3) is 0.100. The zero-order valence-electron chi connectivity index (χ0n) is 15.6. The zero-order chi connectivity index (χ0) is 21.3. The smallest absolute Gasteiger partial charge is 0.237 e. The molecule has 2 aromatic carbocycles. The third-order valence-electron chi connectivity index (χ3n) is 4.52. The SMILES string of the molecule is NC(=O)CN(Cc1cscn1)c1[nH]c2ccc(Cl)cc2c1S(=O)(=O)c1ccccc1. The van der Waals surface area contributed by atoms with Crippen molar-refractivity contribution in [2.45, 2.75) is 16.3 Å². The molecule has 0 aliphatic heterocycles. The van der Waals surface area contributed by atoms with Crippen molar-refractivity contribution in [3.8, 4) is 0 Å². The predicted octanol–water partition coefficient (Wildman–Crippen LogP) is 3.60. The molecule has 0 radical (unpaired) electrons. The van der Waals surface area contributed by atoms with Gasteiger partial charge in [-0.25, -0.2) is 13.4 Å². The van der Waals surface area contributed by atoms with Gasteiger partial charge in [-0.3, -0.25) is 4.79 Å². The Morgan fingerprint density at radius 1 is 1.20 bits per heavy atom. The second-order valence-electron chi connectivity index (χ2n) is 6.61. The lowest BCUT2D eigenvalue weighted by atomic mass is 10.2. The van der Waals surface area contributed by atoms with E-state index in [0.29, 0.717) is 21.6 Å². The largest absolute Gasteiger partial charge is 0.368 e. The lowest BCUT2D eigenvalue weighted by Crippen LogP contribution is -2.34. The van der Waals surface area contributed by atoms with Gasteiger partial charge < -0.3 is 15.6 Å². The topological polar surface area (TPSA) is 109 Å². The minimum absolute atomic E-state index is 0.0441. The number of aromatic nitrogens is 2. The molecule has 0 aliphatic rings. The summed E-state index contributed by atoms with van der Waals surface area (Å²) in [6, 6.07) is 13.1. The minimum atomic E-state index is -3.93. The molecule has 10 heteroatoms.